The summed E-state index contributed by atoms with van der Waals surface area (Å²) >= 11 is 0. The number of nitrogens with one attached hydrogen (secondary N) is 2. The zero-order valence-corrected chi connectivity index (χ0v) is 13.3. The molecule has 0 spiro atoms. The van der Waals surface area contributed by atoms with Crippen LogP contribution >= 0.6 is 0 Å². The normalized spacial score (nSPS) is 18.2. The van der Waals surface area contributed by atoms with Crippen molar-refractivity contribution in [3.8, 4) is 0 Å². The van der Waals surface area contributed by atoms with E-state index in [2.05, 4.69) is 15.0 Å². The van der Waals surface area contributed by atoms with Crippen molar-refractivity contribution in [3.63, 3.8) is 0 Å². The predicted octanol–water partition coefficient (Wildman–Crippen LogP) is 1.91. The molecule has 1 aliphatic rings. The van der Waals surface area contributed by atoms with Gasteiger partial charge in [0.15, 0.2) is 0 Å². The van der Waals surface area contributed by atoms with Crippen molar-refractivity contribution in [2.75, 3.05) is 25.6 Å². The fourth-order valence-corrected chi connectivity index (χ4v) is 3.21. The smallest absolute Gasteiger partial charge is 0.266 e. The number of hydrogen-bond acceptors (Lipinski definition) is 4. The Labute approximate surface area is 125 Å². The lowest BCUT2D eigenvalue weighted by molar-refractivity contribution is 0.197. The van der Waals surface area contributed by atoms with E-state index in [1.165, 1.54) is 0 Å². The van der Waals surface area contributed by atoms with Gasteiger partial charge in [-0.15, -0.1) is 0 Å². The molecule has 0 bridgehead atoms. The van der Waals surface area contributed by atoms with Crippen LogP contribution in [0.3, 0.4) is 0 Å². The standard InChI is InChI=1S/C14H21N3O3S/c1-10(2)11-5-6-12-13(9-11)21(18,19)17-14(16-12)15-7-4-8-20-3/h5-6,9-10H,4,7-8H2,1-3H3,(H2,15,16,17). The molecule has 6 nitrogen and oxygen atoms in total. The maximum Gasteiger partial charge on any atom is 0.266 e. The van der Waals surface area contributed by atoms with Gasteiger partial charge >= 0.3 is 0 Å². The van der Waals surface area contributed by atoms with Gasteiger partial charge in [-0.1, -0.05) is 19.9 Å². The minimum absolute atomic E-state index is 0.260. The van der Waals surface area contributed by atoms with Crippen molar-refractivity contribution >= 4 is 21.7 Å². The maximum absolute atomic E-state index is 12.3. The van der Waals surface area contributed by atoms with Gasteiger partial charge < -0.3 is 10.1 Å². The molecule has 0 amide bonds. The summed E-state index contributed by atoms with van der Waals surface area (Å²) in [6.45, 7) is 5.15. The summed E-state index contributed by atoms with van der Waals surface area (Å²) < 4.78 is 32.0. The SMILES string of the molecule is COCCCN=C1Nc2ccc(C(C)C)cc2S(=O)(=O)N1. The van der Waals surface area contributed by atoms with Gasteiger partial charge in [0.05, 0.1) is 5.69 Å². The number of methoxy groups -OCH3 is 1. The Bertz CT molecular complexity index is 639. The van der Waals surface area contributed by atoms with Crippen LogP contribution in [0.2, 0.25) is 0 Å². The second kappa shape index (κ2) is 6.44. The summed E-state index contributed by atoms with van der Waals surface area (Å²) in [6, 6.07) is 5.42. The van der Waals surface area contributed by atoms with E-state index in [0.29, 0.717) is 18.8 Å². The van der Waals surface area contributed by atoms with Crippen LogP contribution in [0.15, 0.2) is 28.1 Å². The summed E-state index contributed by atoms with van der Waals surface area (Å²) in [5.74, 6) is 0.533. The third-order valence-corrected chi connectivity index (χ3v) is 4.60. The van der Waals surface area contributed by atoms with Crippen molar-refractivity contribution in [3.05, 3.63) is 23.8 Å². The molecule has 0 saturated carbocycles. The molecule has 0 saturated heterocycles. The Hall–Kier alpha value is -1.60. The Morgan fingerprint density at radius 1 is 1.33 bits per heavy atom. The van der Waals surface area contributed by atoms with E-state index in [-0.39, 0.29) is 16.8 Å². The van der Waals surface area contributed by atoms with Gasteiger partial charge in [-0.3, -0.25) is 4.99 Å². The first-order valence-corrected chi connectivity index (χ1v) is 8.39. The van der Waals surface area contributed by atoms with Crippen LogP contribution in [0.4, 0.5) is 5.69 Å². The van der Waals surface area contributed by atoms with E-state index in [1.807, 2.05) is 19.9 Å². The molecule has 2 N–H and O–H groups in total. The van der Waals surface area contributed by atoms with E-state index in [1.54, 1.807) is 19.2 Å². The number of nitrogens with zero attached hydrogens (tertiary/aromatic N) is 1. The second-order valence-electron chi connectivity index (χ2n) is 5.22. The zero-order chi connectivity index (χ0) is 15.5. The first kappa shape index (κ1) is 15.8. The molecule has 0 aromatic heterocycles. The molecule has 0 aliphatic carbocycles. The molecule has 1 heterocycles. The monoisotopic (exact) mass is 311 g/mol. The highest BCUT2D eigenvalue weighted by Crippen LogP contribution is 2.28. The largest absolute Gasteiger partial charge is 0.385 e. The molecule has 0 unspecified atom stereocenters. The molecule has 0 radical (unpaired) electrons. The highest BCUT2D eigenvalue weighted by atomic mass is 32.2. The van der Waals surface area contributed by atoms with E-state index in [0.717, 1.165) is 12.0 Å². The van der Waals surface area contributed by atoms with Crippen molar-refractivity contribution in [1.82, 2.24) is 4.72 Å². The van der Waals surface area contributed by atoms with Crippen LogP contribution in [0.25, 0.3) is 0 Å². The van der Waals surface area contributed by atoms with E-state index in [4.69, 9.17) is 4.74 Å². The summed E-state index contributed by atoms with van der Waals surface area (Å²) in [7, 11) is -1.94. The van der Waals surface area contributed by atoms with Gasteiger partial charge in [0.2, 0.25) is 5.96 Å². The van der Waals surface area contributed by atoms with Crippen molar-refractivity contribution in [2.45, 2.75) is 31.1 Å². The first-order valence-electron chi connectivity index (χ1n) is 6.91. The Morgan fingerprint density at radius 3 is 2.76 bits per heavy atom. The number of benzene rings is 1. The Balaban J connectivity index is 2.25. The van der Waals surface area contributed by atoms with Gasteiger partial charge in [0.25, 0.3) is 10.0 Å². The predicted molar refractivity (Wildman–Crippen MR) is 83.3 cm³/mol. The molecule has 116 valence electrons. The summed E-state index contributed by atoms with van der Waals surface area (Å²) in [6.07, 6.45) is 0.739. The van der Waals surface area contributed by atoms with Crippen molar-refractivity contribution in [2.24, 2.45) is 4.99 Å². The quantitative estimate of drug-likeness (QED) is 0.814. The lowest BCUT2D eigenvalue weighted by atomic mass is 10.0. The van der Waals surface area contributed by atoms with Crippen LogP contribution in [-0.4, -0.2) is 34.6 Å². The van der Waals surface area contributed by atoms with Gasteiger partial charge in [0, 0.05) is 20.3 Å². The highest BCUT2D eigenvalue weighted by Gasteiger charge is 2.26. The molecule has 1 aliphatic heterocycles. The topological polar surface area (TPSA) is 79.8 Å². The van der Waals surface area contributed by atoms with Gasteiger partial charge in [0.1, 0.15) is 4.90 Å². The van der Waals surface area contributed by atoms with E-state index in [9.17, 15) is 8.42 Å². The molecule has 2 rings (SSSR count). The molecule has 7 heteroatoms. The molecule has 1 aromatic rings. The number of guanidine groups is 1. The van der Waals surface area contributed by atoms with Crippen LogP contribution < -0.4 is 10.0 Å². The van der Waals surface area contributed by atoms with Gasteiger partial charge in [-0.2, -0.15) is 0 Å². The highest BCUT2D eigenvalue weighted by molar-refractivity contribution is 7.90. The van der Waals surface area contributed by atoms with Crippen LogP contribution in [0.1, 0.15) is 31.7 Å². The average molecular weight is 311 g/mol. The number of anilines is 1. The van der Waals surface area contributed by atoms with Crippen molar-refractivity contribution in [1.29, 1.82) is 0 Å². The molecule has 1 aromatic carbocycles. The third kappa shape index (κ3) is 3.74. The minimum Gasteiger partial charge on any atom is -0.385 e. The summed E-state index contributed by atoms with van der Waals surface area (Å²) in [4.78, 5) is 4.48. The second-order valence-corrected chi connectivity index (χ2v) is 6.87. The Kier molecular flexibility index (Phi) is 4.84. The third-order valence-electron chi connectivity index (χ3n) is 3.22. The minimum atomic E-state index is -3.56. The maximum atomic E-state index is 12.3. The molecular weight excluding hydrogens is 290 g/mol. The first-order chi connectivity index (χ1) is 9.94. The molecule has 0 atom stereocenters. The van der Waals surface area contributed by atoms with Crippen LogP contribution in [-0.2, 0) is 14.8 Å². The average Bonchev–Trinajstić information content (AvgIpc) is 2.42. The number of aliphatic imine (C=N–C) groups is 1. The molecule has 0 fully saturated rings. The lowest BCUT2D eigenvalue weighted by Gasteiger charge is -2.22. The van der Waals surface area contributed by atoms with Crippen LogP contribution in [0, 0.1) is 0 Å². The fraction of sp³-hybridized carbons (Fsp3) is 0.500. The summed E-state index contributed by atoms with van der Waals surface area (Å²) in [5, 5.41) is 3.01. The van der Waals surface area contributed by atoms with Gasteiger partial charge in [-0.05, 0) is 30.0 Å². The number of rotatable bonds is 5. The van der Waals surface area contributed by atoms with Crippen molar-refractivity contribution < 1.29 is 13.2 Å². The number of fused-ring (bicyclic) bond motifs is 1. The Morgan fingerprint density at radius 2 is 2.10 bits per heavy atom. The number of hydrogen-bond donors (Lipinski definition) is 2. The number of ether oxygens (including phenoxy) is 1. The lowest BCUT2D eigenvalue weighted by Crippen LogP contribution is -2.41. The van der Waals surface area contributed by atoms with E-state index >= 15 is 0 Å². The molecule has 21 heavy (non-hydrogen) atoms. The van der Waals surface area contributed by atoms with E-state index < -0.39 is 10.0 Å². The fourth-order valence-electron chi connectivity index (χ4n) is 2.03. The van der Waals surface area contributed by atoms with Crippen LogP contribution in [0.5, 0.6) is 0 Å². The zero-order valence-electron chi connectivity index (χ0n) is 12.5. The number of sulfonamides is 1. The summed E-state index contributed by atoms with van der Waals surface area (Å²) in [5.41, 5.74) is 1.55. The van der Waals surface area contributed by atoms with Gasteiger partial charge in [-0.25, -0.2) is 13.1 Å². The molecular formula is C14H21N3O3S.